The zero-order valence-electron chi connectivity index (χ0n) is 15.7. The molecule has 3 rings (SSSR count). The molecule has 31 heavy (non-hydrogen) atoms. The zero-order valence-corrected chi connectivity index (χ0v) is 15.7. The Balaban J connectivity index is 1.91. The number of aromatic nitrogens is 1. The van der Waals surface area contributed by atoms with Crippen LogP contribution in [-0.4, -0.2) is 12.3 Å². The molecule has 0 fully saturated rings. The fourth-order valence-electron chi connectivity index (χ4n) is 2.56. The summed E-state index contributed by atoms with van der Waals surface area (Å²) in [6.45, 7) is 1.40. The summed E-state index contributed by atoms with van der Waals surface area (Å²) in [6, 6.07) is 7.53. The number of aryl methyl sites for hydroxylation is 1. The first-order chi connectivity index (χ1) is 14.5. The van der Waals surface area contributed by atoms with Crippen LogP contribution in [-0.2, 0) is 0 Å². The first kappa shape index (κ1) is 21.8. The molecule has 0 radical (unpaired) electrons. The Labute approximate surface area is 172 Å². The third-order valence-corrected chi connectivity index (χ3v) is 3.91. The molecule has 0 atom stereocenters. The average molecular weight is 440 g/mol. The molecule has 0 saturated heterocycles. The van der Waals surface area contributed by atoms with Gasteiger partial charge in [-0.3, -0.25) is 4.79 Å². The number of nitrogens with one attached hydrogen (secondary N) is 1. The second-order valence-electron chi connectivity index (χ2n) is 6.22. The number of pyridine rings is 1. The minimum absolute atomic E-state index is 0.0778. The highest BCUT2D eigenvalue weighted by molar-refractivity contribution is 6.06. The molecule has 0 bridgehead atoms. The number of amides is 1. The van der Waals surface area contributed by atoms with E-state index in [0.717, 1.165) is 12.3 Å². The van der Waals surface area contributed by atoms with Crippen molar-refractivity contribution in [2.75, 3.05) is 5.32 Å². The average Bonchev–Trinajstić information content (AvgIpc) is 2.66. The van der Waals surface area contributed by atoms with E-state index in [1.807, 2.05) is 0 Å². The van der Waals surface area contributed by atoms with Gasteiger partial charge in [0.2, 0.25) is 6.20 Å². The molecule has 3 aromatic rings. The predicted octanol–water partition coefficient (Wildman–Crippen LogP) is 4.85. The van der Waals surface area contributed by atoms with Crippen molar-refractivity contribution in [1.82, 2.24) is 0 Å². The maximum atomic E-state index is 14.7. The first-order valence-electron chi connectivity index (χ1n) is 8.56. The molecular weight excluding hydrogens is 427 g/mol. The number of rotatable bonds is 5. The lowest BCUT2D eigenvalue weighted by Gasteiger charge is -2.14. The number of anilines is 1. The summed E-state index contributed by atoms with van der Waals surface area (Å²) in [5.41, 5.74) is -0.365. The second-order valence-corrected chi connectivity index (χ2v) is 6.22. The minimum atomic E-state index is -5.09. The fourth-order valence-corrected chi connectivity index (χ4v) is 2.56. The van der Waals surface area contributed by atoms with Gasteiger partial charge in [0.1, 0.15) is 28.6 Å². The molecule has 1 amide bonds. The van der Waals surface area contributed by atoms with E-state index in [0.29, 0.717) is 16.9 Å². The van der Waals surface area contributed by atoms with E-state index in [-0.39, 0.29) is 22.7 Å². The Kier molecular flexibility index (Phi) is 5.95. The van der Waals surface area contributed by atoms with E-state index >= 15 is 0 Å². The summed E-state index contributed by atoms with van der Waals surface area (Å²) in [4.78, 5) is 12.6. The van der Waals surface area contributed by atoms with Crippen molar-refractivity contribution in [2.24, 2.45) is 0 Å². The summed E-state index contributed by atoms with van der Waals surface area (Å²) in [6.07, 6.45) is -2.87. The fraction of sp³-hybridized carbons (Fsp3) is 0.100. The lowest BCUT2D eigenvalue weighted by molar-refractivity contribution is -0.604. The number of benzene rings is 2. The number of nitrogens with zero attached hydrogens (tertiary/aromatic N) is 1. The second kappa shape index (κ2) is 8.46. The molecule has 1 aromatic heterocycles. The Morgan fingerprint density at radius 3 is 2.45 bits per heavy atom. The van der Waals surface area contributed by atoms with Gasteiger partial charge in [-0.2, -0.15) is 4.73 Å². The quantitative estimate of drug-likeness (QED) is 0.350. The van der Waals surface area contributed by atoms with Crippen LogP contribution in [0.1, 0.15) is 15.9 Å². The normalized spacial score (nSPS) is 11.2. The topological polar surface area (TPSA) is 74.5 Å². The van der Waals surface area contributed by atoms with Crippen molar-refractivity contribution in [3.8, 4) is 17.2 Å². The predicted molar refractivity (Wildman–Crippen MR) is 97.6 cm³/mol. The van der Waals surface area contributed by atoms with Crippen LogP contribution in [0.25, 0.3) is 0 Å². The number of carbonyl (C=O) groups is 1. The summed E-state index contributed by atoms with van der Waals surface area (Å²) < 4.78 is 74.7. The van der Waals surface area contributed by atoms with Gasteiger partial charge < -0.3 is 20.0 Å². The lowest BCUT2D eigenvalue weighted by Crippen LogP contribution is -2.26. The molecule has 11 heteroatoms. The highest BCUT2D eigenvalue weighted by Gasteiger charge is 2.32. The summed E-state index contributed by atoms with van der Waals surface area (Å²) in [5, 5.41) is 13.7. The van der Waals surface area contributed by atoms with E-state index in [4.69, 9.17) is 4.74 Å². The molecular formula is C20H13F5N2O4. The maximum Gasteiger partial charge on any atom is 0.573 e. The number of hydrogen-bond acceptors (Lipinski definition) is 4. The Morgan fingerprint density at radius 1 is 1.10 bits per heavy atom. The molecule has 1 heterocycles. The minimum Gasteiger partial charge on any atom is -0.619 e. The van der Waals surface area contributed by atoms with Gasteiger partial charge in [0, 0.05) is 12.1 Å². The van der Waals surface area contributed by atoms with Crippen LogP contribution in [0, 0.1) is 23.8 Å². The van der Waals surface area contributed by atoms with Crippen LogP contribution in [0.2, 0.25) is 0 Å². The van der Waals surface area contributed by atoms with Crippen LogP contribution >= 0.6 is 0 Å². The third kappa shape index (κ3) is 5.38. The first-order valence-corrected chi connectivity index (χ1v) is 8.56. The Morgan fingerprint density at radius 2 is 1.81 bits per heavy atom. The number of carbonyl (C=O) groups excluding carboxylic acids is 1. The van der Waals surface area contributed by atoms with Gasteiger partial charge in [0.05, 0.1) is 0 Å². The molecule has 162 valence electrons. The van der Waals surface area contributed by atoms with Gasteiger partial charge in [-0.05, 0) is 36.8 Å². The van der Waals surface area contributed by atoms with Crippen molar-refractivity contribution in [2.45, 2.75) is 13.3 Å². The smallest absolute Gasteiger partial charge is 0.573 e. The Hall–Kier alpha value is -3.89. The third-order valence-electron chi connectivity index (χ3n) is 3.91. The van der Waals surface area contributed by atoms with Gasteiger partial charge in [-0.1, -0.05) is 6.07 Å². The van der Waals surface area contributed by atoms with Gasteiger partial charge in [0.25, 0.3) is 5.91 Å². The van der Waals surface area contributed by atoms with E-state index in [2.05, 4.69) is 10.1 Å². The van der Waals surface area contributed by atoms with E-state index in [1.165, 1.54) is 37.4 Å². The van der Waals surface area contributed by atoms with Crippen molar-refractivity contribution in [3.63, 3.8) is 0 Å². The van der Waals surface area contributed by atoms with Crippen LogP contribution in [0.15, 0.2) is 54.9 Å². The summed E-state index contributed by atoms with van der Waals surface area (Å²) >= 11 is 0. The molecule has 2 aromatic carbocycles. The van der Waals surface area contributed by atoms with E-state index < -0.39 is 35.2 Å². The number of ether oxygens (including phenoxy) is 2. The number of alkyl halides is 3. The van der Waals surface area contributed by atoms with Crippen LogP contribution in [0.4, 0.5) is 27.6 Å². The van der Waals surface area contributed by atoms with Crippen molar-refractivity contribution < 1.29 is 41.0 Å². The van der Waals surface area contributed by atoms with Gasteiger partial charge in [0.15, 0.2) is 17.8 Å². The SMILES string of the molecule is Cc1ccc(Oc2ccc(OC(F)(F)F)c(F)c2)c(C(=O)Nc2ccc[n+]([O-])c2)c1F. The van der Waals surface area contributed by atoms with E-state index in [1.54, 1.807) is 0 Å². The molecule has 0 unspecified atom stereocenters. The number of halogens is 5. The highest BCUT2D eigenvalue weighted by Crippen LogP contribution is 2.33. The highest BCUT2D eigenvalue weighted by atomic mass is 19.4. The van der Waals surface area contributed by atoms with Gasteiger partial charge >= 0.3 is 6.36 Å². The largest absolute Gasteiger partial charge is 0.619 e. The van der Waals surface area contributed by atoms with Crippen LogP contribution < -0.4 is 19.5 Å². The molecule has 0 aliphatic rings. The zero-order chi connectivity index (χ0) is 22.8. The molecule has 0 spiro atoms. The van der Waals surface area contributed by atoms with Gasteiger partial charge in [-0.25, -0.2) is 8.78 Å². The maximum absolute atomic E-state index is 14.7. The Bertz CT molecular complexity index is 1140. The van der Waals surface area contributed by atoms with Crippen molar-refractivity contribution in [3.05, 3.63) is 82.8 Å². The monoisotopic (exact) mass is 440 g/mol. The van der Waals surface area contributed by atoms with Crippen LogP contribution in [0.5, 0.6) is 17.2 Å². The number of hydrogen-bond donors (Lipinski definition) is 1. The molecule has 0 saturated carbocycles. The molecule has 0 aliphatic carbocycles. The van der Waals surface area contributed by atoms with E-state index in [9.17, 15) is 32.0 Å². The molecule has 6 nitrogen and oxygen atoms in total. The summed E-state index contributed by atoms with van der Waals surface area (Å²) in [7, 11) is 0. The molecule has 1 N–H and O–H groups in total. The lowest BCUT2D eigenvalue weighted by atomic mass is 10.1. The van der Waals surface area contributed by atoms with Crippen molar-refractivity contribution in [1.29, 1.82) is 0 Å². The van der Waals surface area contributed by atoms with Crippen LogP contribution in [0.3, 0.4) is 0 Å². The standard InChI is InChI=1S/C20H13F5N2O4/c1-11-4-6-16(30-13-5-7-15(14(21)9-13)31-20(23,24)25)17(18(11)22)19(28)26-12-3-2-8-27(29)10-12/h2-10H,1H3,(H,26,28). The van der Waals surface area contributed by atoms with Gasteiger partial charge in [-0.15, -0.1) is 13.2 Å². The molecule has 0 aliphatic heterocycles. The summed E-state index contributed by atoms with van der Waals surface area (Å²) in [5.74, 6) is -4.98. The van der Waals surface area contributed by atoms with Crippen molar-refractivity contribution >= 4 is 11.6 Å².